The number of halogens is 1. The van der Waals surface area contributed by atoms with Crippen LogP contribution in [0.2, 0.25) is 0 Å². The van der Waals surface area contributed by atoms with E-state index in [1.54, 1.807) is 0 Å². The molecule has 0 aliphatic carbocycles. The van der Waals surface area contributed by atoms with Crippen LogP contribution >= 0.6 is 11.6 Å². The molecule has 5 heteroatoms. The summed E-state index contributed by atoms with van der Waals surface area (Å²) in [6, 6.07) is 9.99. The first-order valence-corrected chi connectivity index (χ1v) is 6.92. The summed E-state index contributed by atoms with van der Waals surface area (Å²) in [5.41, 5.74) is 0.706. The highest BCUT2D eigenvalue weighted by atomic mass is 35.5. The molecule has 2 atom stereocenters. The van der Waals surface area contributed by atoms with E-state index in [0.717, 1.165) is 5.56 Å². The molecule has 0 aromatic heterocycles. The van der Waals surface area contributed by atoms with Gasteiger partial charge in [0.25, 0.3) is 0 Å². The second-order valence-electron chi connectivity index (χ2n) is 5.28. The Morgan fingerprint density at radius 3 is 2.79 bits per heavy atom. The van der Waals surface area contributed by atoms with E-state index in [4.69, 9.17) is 11.6 Å². The summed E-state index contributed by atoms with van der Waals surface area (Å²) in [7, 11) is 0. The van der Waals surface area contributed by atoms with Gasteiger partial charge < -0.3 is 10.4 Å². The Kier molecular flexibility index (Phi) is 4.32. The molecule has 1 saturated heterocycles. The van der Waals surface area contributed by atoms with Crippen molar-refractivity contribution in [1.82, 2.24) is 10.2 Å². The Morgan fingerprint density at radius 1 is 1.53 bits per heavy atom. The lowest BCUT2D eigenvalue weighted by Gasteiger charge is -2.46. The van der Waals surface area contributed by atoms with Gasteiger partial charge in [-0.2, -0.15) is 0 Å². The van der Waals surface area contributed by atoms with Crippen molar-refractivity contribution in [1.29, 1.82) is 0 Å². The minimum absolute atomic E-state index is 0.0293. The highest BCUT2D eigenvalue weighted by molar-refractivity contribution is 6.18. The van der Waals surface area contributed by atoms with Crippen LogP contribution in [0.1, 0.15) is 12.5 Å². The molecule has 1 heterocycles. The van der Waals surface area contributed by atoms with Crippen molar-refractivity contribution in [2.75, 3.05) is 19.0 Å². The molecule has 104 valence electrons. The second kappa shape index (κ2) is 5.80. The minimum atomic E-state index is -0.880. The molecule has 19 heavy (non-hydrogen) atoms. The fourth-order valence-electron chi connectivity index (χ4n) is 2.57. The molecule has 1 amide bonds. The third-order valence-electron chi connectivity index (χ3n) is 3.67. The van der Waals surface area contributed by atoms with Crippen LogP contribution in [0.25, 0.3) is 0 Å². The molecule has 1 aliphatic rings. The third kappa shape index (κ3) is 3.19. The molecule has 2 unspecified atom stereocenters. The van der Waals surface area contributed by atoms with E-state index in [2.05, 4.69) is 5.32 Å². The van der Waals surface area contributed by atoms with Crippen LogP contribution < -0.4 is 5.32 Å². The van der Waals surface area contributed by atoms with Crippen LogP contribution in [0.4, 0.5) is 4.79 Å². The maximum Gasteiger partial charge on any atom is 0.407 e. The van der Waals surface area contributed by atoms with Crippen LogP contribution in [0, 0.1) is 0 Å². The summed E-state index contributed by atoms with van der Waals surface area (Å²) in [5.74, 6) is 0.422. The van der Waals surface area contributed by atoms with Crippen LogP contribution in [0.5, 0.6) is 0 Å². The lowest BCUT2D eigenvalue weighted by Crippen LogP contribution is -2.66. The first-order valence-electron chi connectivity index (χ1n) is 6.39. The first kappa shape index (κ1) is 14.2. The monoisotopic (exact) mass is 282 g/mol. The van der Waals surface area contributed by atoms with Gasteiger partial charge in [0.2, 0.25) is 0 Å². The number of amides is 1. The van der Waals surface area contributed by atoms with Gasteiger partial charge in [-0.1, -0.05) is 30.3 Å². The smallest absolute Gasteiger partial charge is 0.407 e. The first-order chi connectivity index (χ1) is 9.05. The summed E-state index contributed by atoms with van der Waals surface area (Å²) >= 11 is 5.82. The van der Waals surface area contributed by atoms with Gasteiger partial charge in [-0.3, -0.25) is 4.90 Å². The summed E-state index contributed by atoms with van der Waals surface area (Å²) in [6.07, 6.45) is -0.183. The van der Waals surface area contributed by atoms with E-state index in [1.807, 2.05) is 37.3 Å². The highest BCUT2D eigenvalue weighted by Gasteiger charge is 2.40. The fourth-order valence-corrected chi connectivity index (χ4v) is 2.78. The number of nitrogens with one attached hydrogen (secondary N) is 1. The van der Waals surface area contributed by atoms with Crippen LogP contribution in [0.3, 0.4) is 0 Å². The van der Waals surface area contributed by atoms with Gasteiger partial charge >= 0.3 is 6.09 Å². The zero-order chi connectivity index (χ0) is 13.9. The number of piperazine rings is 1. The Bertz CT molecular complexity index is 440. The normalized spacial score (nSPS) is 27.3. The minimum Gasteiger partial charge on any atom is -0.465 e. The quantitative estimate of drug-likeness (QED) is 0.836. The van der Waals surface area contributed by atoms with Crippen LogP contribution in [0.15, 0.2) is 30.3 Å². The van der Waals surface area contributed by atoms with E-state index in [9.17, 15) is 9.90 Å². The van der Waals surface area contributed by atoms with E-state index < -0.39 is 11.6 Å². The van der Waals surface area contributed by atoms with Crippen molar-refractivity contribution in [3.05, 3.63) is 35.9 Å². The zero-order valence-corrected chi connectivity index (χ0v) is 11.7. The standard InChI is InChI=1S/C14H19ClN2O2/c1-14(7-11-5-3-2-4-6-11)10-16-12(8-15)9-17(14)13(18)19/h2-6,12,16H,7-10H2,1H3,(H,18,19). The van der Waals surface area contributed by atoms with Gasteiger partial charge in [0.05, 0.1) is 5.54 Å². The Morgan fingerprint density at radius 2 is 2.21 bits per heavy atom. The molecule has 2 N–H and O–H groups in total. The topological polar surface area (TPSA) is 52.6 Å². The van der Waals surface area contributed by atoms with Crippen molar-refractivity contribution in [3.8, 4) is 0 Å². The summed E-state index contributed by atoms with van der Waals surface area (Å²) < 4.78 is 0. The SMILES string of the molecule is CC1(Cc2ccccc2)CNC(CCl)CN1C(=O)O. The molecule has 1 aromatic rings. The second-order valence-corrected chi connectivity index (χ2v) is 5.59. The van der Waals surface area contributed by atoms with Crippen molar-refractivity contribution in [2.45, 2.75) is 24.9 Å². The Labute approximate surface area is 118 Å². The maximum atomic E-state index is 11.5. The highest BCUT2D eigenvalue weighted by Crippen LogP contribution is 2.24. The number of hydrogen-bond acceptors (Lipinski definition) is 2. The lowest BCUT2D eigenvalue weighted by molar-refractivity contribution is 0.0543. The molecule has 0 saturated carbocycles. The van der Waals surface area contributed by atoms with Gasteiger partial charge in [-0.25, -0.2) is 4.79 Å². The van der Waals surface area contributed by atoms with Crippen molar-refractivity contribution in [3.63, 3.8) is 0 Å². The number of carboxylic acid groups (broad SMARTS) is 1. The molecule has 1 fully saturated rings. The summed E-state index contributed by atoms with van der Waals surface area (Å²) in [4.78, 5) is 13.0. The van der Waals surface area contributed by atoms with E-state index in [1.165, 1.54) is 4.90 Å². The third-order valence-corrected chi connectivity index (χ3v) is 4.04. The van der Waals surface area contributed by atoms with E-state index >= 15 is 0 Å². The van der Waals surface area contributed by atoms with Crippen molar-refractivity contribution >= 4 is 17.7 Å². The van der Waals surface area contributed by atoms with Crippen molar-refractivity contribution in [2.24, 2.45) is 0 Å². The molecular formula is C14H19ClN2O2. The summed E-state index contributed by atoms with van der Waals surface area (Å²) in [5, 5.41) is 12.7. The zero-order valence-electron chi connectivity index (χ0n) is 11.0. The van der Waals surface area contributed by atoms with Gasteiger partial charge in [0.1, 0.15) is 0 Å². The van der Waals surface area contributed by atoms with Gasteiger partial charge in [0, 0.05) is 25.0 Å². The average Bonchev–Trinajstić information content (AvgIpc) is 2.39. The molecule has 0 bridgehead atoms. The fraction of sp³-hybridized carbons (Fsp3) is 0.500. The number of nitrogens with zero attached hydrogens (tertiary/aromatic N) is 1. The number of benzene rings is 1. The molecule has 1 aliphatic heterocycles. The number of rotatable bonds is 3. The van der Waals surface area contributed by atoms with Crippen LogP contribution in [-0.4, -0.2) is 46.6 Å². The molecule has 1 aromatic carbocycles. The van der Waals surface area contributed by atoms with E-state index in [-0.39, 0.29) is 6.04 Å². The number of carbonyl (C=O) groups is 1. The Hall–Kier alpha value is -1.26. The average molecular weight is 283 g/mol. The number of hydrogen-bond donors (Lipinski definition) is 2. The maximum absolute atomic E-state index is 11.5. The van der Waals surface area contributed by atoms with Crippen molar-refractivity contribution < 1.29 is 9.90 Å². The van der Waals surface area contributed by atoms with Gasteiger partial charge in [-0.15, -0.1) is 11.6 Å². The van der Waals surface area contributed by atoms with Gasteiger partial charge in [-0.05, 0) is 18.9 Å². The Balaban J connectivity index is 2.17. The predicted molar refractivity (Wildman–Crippen MR) is 75.8 cm³/mol. The summed E-state index contributed by atoms with van der Waals surface area (Å²) in [6.45, 7) is 3.03. The predicted octanol–water partition coefficient (Wildman–Crippen LogP) is 2.18. The van der Waals surface area contributed by atoms with Gasteiger partial charge in [0.15, 0.2) is 0 Å². The molecule has 2 rings (SSSR count). The molecule has 4 nitrogen and oxygen atoms in total. The molecule has 0 spiro atoms. The molecular weight excluding hydrogens is 264 g/mol. The molecule has 0 radical (unpaired) electrons. The van der Waals surface area contributed by atoms with E-state index in [0.29, 0.717) is 25.4 Å². The number of alkyl halides is 1. The van der Waals surface area contributed by atoms with Crippen LogP contribution in [-0.2, 0) is 6.42 Å². The largest absolute Gasteiger partial charge is 0.465 e. The lowest BCUT2D eigenvalue weighted by atomic mass is 9.88.